The molecule has 1 heterocycles. The summed E-state index contributed by atoms with van der Waals surface area (Å²) in [5, 5.41) is 3.60. The number of hydrogen-bond acceptors (Lipinski definition) is 4. The van der Waals surface area contributed by atoms with Gasteiger partial charge in [-0.05, 0) is 59.3 Å². The van der Waals surface area contributed by atoms with Crippen molar-refractivity contribution in [2.75, 3.05) is 26.2 Å². The molecule has 25 heavy (non-hydrogen) atoms. The lowest BCUT2D eigenvalue weighted by atomic mass is 9.92. The lowest BCUT2D eigenvalue weighted by molar-refractivity contribution is 0.0131. The number of likely N-dealkylation sites (tertiary alicyclic amines) is 1. The highest BCUT2D eigenvalue weighted by atomic mass is 16.6. The third-order valence-electron chi connectivity index (χ3n) is 5.29. The van der Waals surface area contributed by atoms with Crippen LogP contribution in [0.25, 0.3) is 0 Å². The summed E-state index contributed by atoms with van der Waals surface area (Å²) in [6, 6.07) is 0.389. The summed E-state index contributed by atoms with van der Waals surface area (Å²) < 4.78 is 11.5. The molecule has 5 heteroatoms. The van der Waals surface area contributed by atoms with Gasteiger partial charge in [0, 0.05) is 25.7 Å². The monoisotopic (exact) mass is 354 g/mol. The van der Waals surface area contributed by atoms with E-state index in [1.54, 1.807) is 0 Å². The molecular formula is C20H38N2O3. The van der Waals surface area contributed by atoms with E-state index in [-0.39, 0.29) is 6.09 Å². The molecule has 1 amide bonds. The first kappa shape index (κ1) is 20.5. The van der Waals surface area contributed by atoms with E-state index in [1.165, 1.54) is 32.1 Å². The second-order valence-electron chi connectivity index (χ2n) is 8.70. The number of nitrogens with zero attached hydrogens (tertiary/aromatic N) is 1. The third-order valence-corrected chi connectivity index (χ3v) is 5.29. The Morgan fingerprint density at radius 1 is 1.16 bits per heavy atom. The average molecular weight is 355 g/mol. The van der Waals surface area contributed by atoms with Gasteiger partial charge in [0.2, 0.25) is 0 Å². The van der Waals surface area contributed by atoms with E-state index in [9.17, 15) is 4.79 Å². The number of carbonyl (C=O) groups excluding carboxylic acids is 1. The highest BCUT2D eigenvalue weighted by Gasteiger charge is 2.30. The number of piperidine rings is 1. The third kappa shape index (κ3) is 7.53. The van der Waals surface area contributed by atoms with Gasteiger partial charge < -0.3 is 19.7 Å². The first-order chi connectivity index (χ1) is 11.8. The standard InChI is InChI=1S/C20H38N2O3/c1-16(21-12-14-24-18-10-6-5-7-11-18)17-9-8-13-22(15-17)19(23)25-20(2,3)4/h16-18,21H,5-15H2,1-4H3. The first-order valence-electron chi connectivity index (χ1n) is 10.2. The van der Waals surface area contributed by atoms with Crippen molar-refractivity contribution < 1.29 is 14.3 Å². The highest BCUT2D eigenvalue weighted by molar-refractivity contribution is 5.68. The minimum atomic E-state index is -0.426. The van der Waals surface area contributed by atoms with Crippen molar-refractivity contribution in [3.05, 3.63) is 0 Å². The maximum Gasteiger partial charge on any atom is 0.410 e. The van der Waals surface area contributed by atoms with Gasteiger partial charge in [0.25, 0.3) is 0 Å². The molecule has 1 saturated carbocycles. The molecule has 0 aromatic carbocycles. The van der Waals surface area contributed by atoms with Crippen LogP contribution >= 0.6 is 0 Å². The summed E-state index contributed by atoms with van der Waals surface area (Å²) in [5.74, 6) is 0.482. The molecule has 2 aliphatic rings. The molecule has 146 valence electrons. The Morgan fingerprint density at radius 2 is 1.88 bits per heavy atom. The molecule has 1 saturated heterocycles. The highest BCUT2D eigenvalue weighted by Crippen LogP contribution is 2.22. The van der Waals surface area contributed by atoms with Crippen molar-refractivity contribution in [1.82, 2.24) is 10.2 Å². The molecular weight excluding hydrogens is 316 g/mol. The second kappa shape index (κ2) is 9.77. The van der Waals surface area contributed by atoms with Crippen LogP contribution in [0.3, 0.4) is 0 Å². The van der Waals surface area contributed by atoms with E-state index in [2.05, 4.69) is 12.2 Å². The molecule has 1 aliphatic heterocycles. The molecule has 5 nitrogen and oxygen atoms in total. The molecule has 1 aliphatic carbocycles. The van der Waals surface area contributed by atoms with E-state index >= 15 is 0 Å². The van der Waals surface area contributed by atoms with Gasteiger partial charge in [0.05, 0.1) is 12.7 Å². The lowest BCUT2D eigenvalue weighted by Crippen LogP contribution is -2.48. The molecule has 2 atom stereocenters. The lowest BCUT2D eigenvalue weighted by Gasteiger charge is -2.37. The molecule has 2 unspecified atom stereocenters. The smallest absolute Gasteiger partial charge is 0.410 e. The van der Waals surface area contributed by atoms with Crippen molar-refractivity contribution in [2.24, 2.45) is 5.92 Å². The first-order valence-corrected chi connectivity index (χ1v) is 10.2. The summed E-state index contributed by atoms with van der Waals surface area (Å²) in [7, 11) is 0. The summed E-state index contributed by atoms with van der Waals surface area (Å²) >= 11 is 0. The number of nitrogens with one attached hydrogen (secondary N) is 1. The largest absolute Gasteiger partial charge is 0.444 e. The Bertz CT molecular complexity index is 402. The van der Waals surface area contributed by atoms with Crippen LogP contribution in [0.15, 0.2) is 0 Å². The van der Waals surface area contributed by atoms with Gasteiger partial charge in [0.15, 0.2) is 0 Å². The van der Waals surface area contributed by atoms with Crippen LogP contribution in [-0.2, 0) is 9.47 Å². The number of carbonyl (C=O) groups is 1. The van der Waals surface area contributed by atoms with Crippen LogP contribution in [0.4, 0.5) is 4.79 Å². The molecule has 0 aromatic heterocycles. The molecule has 2 fully saturated rings. The van der Waals surface area contributed by atoms with E-state index in [1.807, 2.05) is 25.7 Å². The summed E-state index contributed by atoms with van der Waals surface area (Å²) in [4.78, 5) is 14.2. The van der Waals surface area contributed by atoms with Gasteiger partial charge in [-0.3, -0.25) is 0 Å². The van der Waals surface area contributed by atoms with Crippen LogP contribution < -0.4 is 5.32 Å². The van der Waals surface area contributed by atoms with Crippen molar-refractivity contribution in [1.29, 1.82) is 0 Å². The topological polar surface area (TPSA) is 50.8 Å². The summed E-state index contributed by atoms with van der Waals surface area (Å²) in [6.07, 6.45) is 8.96. The van der Waals surface area contributed by atoms with Crippen LogP contribution in [0.5, 0.6) is 0 Å². The van der Waals surface area contributed by atoms with Gasteiger partial charge in [-0.2, -0.15) is 0 Å². The van der Waals surface area contributed by atoms with Crippen molar-refractivity contribution in [3.63, 3.8) is 0 Å². The number of hydrogen-bond donors (Lipinski definition) is 1. The molecule has 1 N–H and O–H groups in total. The zero-order chi connectivity index (χ0) is 18.3. The van der Waals surface area contributed by atoms with Crippen LogP contribution in [0.1, 0.15) is 72.6 Å². The molecule has 0 spiro atoms. The van der Waals surface area contributed by atoms with Crippen LogP contribution in [0.2, 0.25) is 0 Å². The van der Waals surface area contributed by atoms with E-state index in [0.717, 1.165) is 39.1 Å². The van der Waals surface area contributed by atoms with Gasteiger partial charge in [-0.25, -0.2) is 4.79 Å². The molecule has 0 bridgehead atoms. The van der Waals surface area contributed by atoms with Gasteiger partial charge in [-0.15, -0.1) is 0 Å². The number of ether oxygens (including phenoxy) is 2. The minimum absolute atomic E-state index is 0.176. The second-order valence-corrected chi connectivity index (χ2v) is 8.70. The Hall–Kier alpha value is -0.810. The Morgan fingerprint density at radius 3 is 2.56 bits per heavy atom. The molecule has 0 radical (unpaired) electrons. The van der Waals surface area contributed by atoms with E-state index in [4.69, 9.17) is 9.47 Å². The fraction of sp³-hybridized carbons (Fsp3) is 0.950. The normalized spacial score (nSPS) is 24.2. The van der Waals surface area contributed by atoms with Gasteiger partial charge in [-0.1, -0.05) is 19.3 Å². The fourth-order valence-corrected chi connectivity index (χ4v) is 3.82. The quantitative estimate of drug-likeness (QED) is 0.734. The predicted octanol–water partition coefficient (Wildman–Crippen LogP) is 3.96. The molecule has 2 rings (SSSR count). The van der Waals surface area contributed by atoms with Gasteiger partial charge >= 0.3 is 6.09 Å². The Labute approximate surface area is 153 Å². The van der Waals surface area contributed by atoms with Crippen molar-refractivity contribution in [3.8, 4) is 0 Å². The Kier molecular flexibility index (Phi) is 8.01. The number of amides is 1. The average Bonchev–Trinajstić information content (AvgIpc) is 2.58. The molecule has 0 aromatic rings. The maximum atomic E-state index is 12.3. The van der Waals surface area contributed by atoms with Crippen molar-refractivity contribution >= 4 is 6.09 Å². The zero-order valence-corrected chi connectivity index (χ0v) is 16.7. The fourth-order valence-electron chi connectivity index (χ4n) is 3.82. The van der Waals surface area contributed by atoms with Crippen molar-refractivity contribution in [2.45, 2.75) is 90.4 Å². The van der Waals surface area contributed by atoms with Gasteiger partial charge in [0.1, 0.15) is 5.60 Å². The predicted molar refractivity (Wildman–Crippen MR) is 101 cm³/mol. The van der Waals surface area contributed by atoms with Crippen LogP contribution in [0, 0.1) is 5.92 Å². The Balaban J connectivity index is 1.66. The maximum absolute atomic E-state index is 12.3. The summed E-state index contributed by atoms with van der Waals surface area (Å²) in [6.45, 7) is 11.3. The summed E-state index contributed by atoms with van der Waals surface area (Å²) in [5.41, 5.74) is -0.426. The minimum Gasteiger partial charge on any atom is -0.444 e. The SMILES string of the molecule is CC(NCCOC1CCCCC1)C1CCCN(C(=O)OC(C)(C)C)C1. The van der Waals surface area contributed by atoms with E-state index in [0.29, 0.717) is 18.1 Å². The number of rotatable bonds is 6. The van der Waals surface area contributed by atoms with Crippen LogP contribution in [-0.4, -0.2) is 55.0 Å². The zero-order valence-electron chi connectivity index (χ0n) is 16.7. The van der Waals surface area contributed by atoms with E-state index < -0.39 is 5.60 Å².